The Bertz CT molecular complexity index is 434. The van der Waals surface area contributed by atoms with Crippen molar-refractivity contribution in [3.8, 4) is 11.5 Å². The minimum Gasteiger partial charge on any atom is -0.493 e. The summed E-state index contributed by atoms with van der Waals surface area (Å²) in [6.07, 6.45) is 3.44. The van der Waals surface area contributed by atoms with Crippen LogP contribution in [0.1, 0.15) is 12.0 Å². The molecule has 0 bridgehead atoms. The van der Waals surface area contributed by atoms with E-state index in [1.54, 1.807) is 26.0 Å². The third-order valence-corrected chi connectivity index (χ3v) is 5.61. The number of hydrogen-bond donors (Lipinski definition) is 1. The lowest BCUT2D eigenvalue weighted by molar-refractivity contribution is 0.353. The largest absolute Gasteiger partial charge is 0.493 e. The second-order valence-electron chi connectivity index (χ2n) is 4.88. The number of hydrogen-bond acceptors (Lipinski definition) is 5. The molecule has 1 fully saturated rings. The molecule has 1 N–H and O–H groups in total. The van der Waals surface area contributed by atoms with Gasteiger partial charge in [-0.2, -0.15) is 11.8 Å². The van der Waals surface area contributed by atoms with E-state index in [4.69, 9.17) is 9.47 Å². The van der Waals surface area contributed by atoms with Crippen LogP contribution in [0.5, 0.6) is 11.5 Å². The van der Waals surface area contributed by atoms with E-state index in [-0.39, 0.29) is 0 Å². The lowest BCUT2D eigenvalue weighted by atomic mass is 10.1. The molecule has 0 aliphatic carbocycles. The fourth-order valence-corrected chi connectivity index (χ4v) is 4.29. The Balaban J connectivity index is 2.01. The summed E-state index contributed by atoms with van der Waals surface area (Å²) < 4.78 is 10.7. The van der Waals surface area contributed by atoms with Crippen LogP contribution in [0.4, 0.5) is 0 Å². The van der Waals surface area contributed by atoms with E-state index in [2.05, 4.69) is 35.5 Å². The van der Waals surface area contributed by atoms with Crippen LogP contribution in [0.2, 0.25) is 0 Å². The number of benzene rings is 1. The van der Waals surface area contributed by atoms with Crippen LogP contribution in [-0.4, -0.2) is 38.5 Å². The molecular formula is C15H23NO2S2. The lowest BCUT2D eigenvalue weighted by Gasteiger charge is -2.15. The van der Waals surface area contributed by atoms with Gasteiger partial charge in [-0.1, -0.05) is 0 Å². The molecule has 1 aromatic rings. The van der Waals surface area contributed by atoms with Gasteiger partial charge in [0.2, 0.25) is 0 Å². The molecule has 3 nitrogen and oxygen atoms in total. The maximum absolute atomic E-state index is 5.39. The summed E-state index contributed by atoms with van der Waals surface area (Å²) in [6.45, 7) is 1.99. The van der Waals surface area contributed by atoms with Crippen LogP contribution < -0.4 is 14.8 Å². The summed E-state index contributed by atoms with van der Waals surface area (Å²) >= 11 is 3.81. The van der Waals surface area contributed by atoms with Crippen molar-refractivity contribution in [3.05, 3.63) is 17.7 Å². The Morgan fingerprint density at radius 2 is 2.05 bits per heavy atom. The van der Waals surface area contributed by atoms with Gasteiger partial charge in [0.1, 0.15) is 0 Å². The maximum atomic E-state index is 5.39. The molecule has 1 saturated heterocycles. The van der Waals surface area contributed by atoms with E-state index in [1.165, 1.54) is 28.4 Å². The van der Waals surface area contributed by atoms with Gasteiger partial charge in [0, 0.05) is 11.4 Å². The minimum atomic E-state index is 0.799. The first-order chi connectivity index (χ1) is 9.78. The fraction of sp³-hybridized carbons (Fsp3) is 0.600. The quantitative estimate of drug-likeness (QED) is 0.781. The van der Waals surface area contributed by atoms with Gasteiger partial charge in [-0.15, -0.1) is 11.8 Å². The molecule has 0 aromatic heterocycles. The van der Waals surface area contributed by atoms with E-state index in [9.17, 15) is 0 Å². The SMILES string of the molecule is COc1cc(CNCC2CCSC2)c(SC)cc1OC. The highest BCUT2D eigenvalue weighted by molar-refractivity contribution is 7.99. The molecule has 0 spiro atoms. The van der Waals surface area contributed by atoms with Crippen molar-refractivity contribution >= 4 is 23.5 Å². The number of ether oxygens (including phenoxy) is 2. The molecule has 1 aliphatic rings. The second kappa shape index (κ2) is 8.05. The predicted octanol–water partition coefficient (Wildman–Crippen LogP) is 3.27. The topological polar surface area (TPSA) is 30.5 Å². The van der Waals surface area contributed by atoms with Crippen LogP contribution >= 0.6 is 23.5 Å². The van der Waals surface area contributed by atoms with E-state index < -0.39 is 0 Å². The molecular weight excluding hydrogens is 290 g/mol. The predicted molar refractivity (Wildman–Crippen MR) is 88.5 cm³/mol. The Hall–Kier alpha value is -0.520. The molecule has 20 heavy (non-hydrogen) atoms. The van der Waals surface area contributed by atoms with Crippen molar-refractivity contribution in [2.45, 2.75) is 17.9 Å². The zero-order valence-corrected chi connectivity index (χ0v) is 14.0. The first kappa shape index (κ1) is 15.9. The summed E-state index contributed by atoms with van der Waals surface area (Å²) in [4.78, 5) is 1.25. The monoisotopic (exact) mass is 313 g/mol. The van der Waals surface area contributed by atoms with Crippen molar-refractivity contribution in [1.29, 1.82) is 0 Å². The molecule has 0 amide bonds. The Kier molecular flexibility index (Phi) is 6.39. The third kappa shape index (κ3) is 3.99. The van der Waals surface area contributed by atoms with E-state index in [0.717, 1.165) is 30.5 Å². The normalized spacial score (nSPS) is 18.2. The Morgan fingerprint density at radius 1 is 1.30 bits per heavy atom. The van der Waals surface area contributed by atoms with Crippen LogP contribution in [0, 0.1) is 5.92 Å². The summed E-state index contributed by atoms with van der Waals surface area (Å²) in [7, 11) is 3.36. The van der Waals surface area contributed by atoms with Crippen LogP contribution in [0.15, 0.2) is 17.0 Å². The van der Waals surface area contributed by atoms with Gasteiger partial charge in [-0.25, -0.2) is 0 Å². The molecule has 1 heterocycles. The highest BCUT2D eigenvalue weighted by Gasteiger charge is 2.15. The van der Waals surface area contributed by atoms with E-state index >= 15 is 0 Å². The molecule has 1 atom stereocenters. The summed E-state index contributed by atoms with van der Waals surface area (Å²) in [5, 5.41) is 3.58. The number of methoxy groups -OCH3 is 2. The van der Waals surface area contributed by atoms with Crippen LogP contribution in [0.3, 0.4) is 0 Å². The van der Waals surface area contributed by atoms with Crippen molar-refractivity contribution in [2.75, 3.05) is 38.5 Å². The number of nitrogens with one attached hydrogen (secondary N) is 1. The van der Waals surface area contributed by atoms with E-state index in [1.807, 2.05) is 0 Å². The molecule has 1 unspecified atom stereocenters. The number of thioether (sulfide) groups is 2. The molecule has 1 aliphatic heterocycles. The average Bonchev–Trinajstić information content (AvgIpc) is 2.99. The summed E-state index contributed by atoms with van der Waals surface area (Å²) in [5.41, 5.74) is 1.28. The minimum absolute atomic E-state index is 0.799. The first-order valence-corrected chi connectivity index (χ1v) is 9.23. The average molecular weight is 313 g/mol. The molecule has 0 radical (unpaired) electrons. The maximum Gasteiger partial charge on any atom is 0.161 e. The molecule has 112 valence electrons. The van der Waals surface area contributed by atoms with Gasteiger partial charge in [-0.3, -0.25) is 0 Å². The van der Waals surface area contributed by atoms with Gasteiger partial charge in [0.15, 0.2) is 11.5 Å². The molecule has 2 rings (SSSR count). The third-order valence-electron chi connectivity index (χ3n) is 3.56. The summed E-state index contributed by atoms with van der Waals surface area (Å²) in [5.74, 6) is 5.05. The number of rotatable bonds is 7. The van der Waals surface area contributed by atoms with E-state index in [0.29, 0.717) is 0 Å². The van der Waals surface area contributed by atoms with Crippen LogP contribution in [-0.2, 0) is 6.54 Å². The van der Waals surface area contributed by atoms with Gasteiger partial charge in [0.25, 0.3) is 0 Å². The Labute approximate surface area is 130 Å². The highest BCUT2D eigenvalue weighted by Crippen LogP contribution is 2.34. The van der Waals surface area contributed by atoms with Crippen molar-refractivity contribution in [2.24, 2.45) is 5.92 Å². The summed E-state index contributed by atoms with van der Waals surface area (Å²) in [6, 6.07) is 4.15. The Morgan fingerprint density at radius 3 is 2.65 bits per heavy atom. The molecule has 0 saturated carbocycles. The van der Waals surface area contributed by atoms with Crippen molar-refractivity contribution in [1.82, 2.24) is 5.32 Å². The van der Waals surface area contributed by atoms with Crippen molar-refractivity contribution < 1.29 is 9.47 Å². The van der Waals surface area contributed by atoms with Crippen molar-refractivity contribution in [3.63, 3.8) is 0 Å². The highest BCUT2D eigenvalue weighted by atomic mass is 32.2. The lowest BCUT2D eigenvalue weighted by Crippen LogP contribution is -2.22. The molecule has 1 aromatic carbocycles. The van der Waals surface area contributed by atoms with Crippen LogP contribution in [0.25, 0.3) is 0 Å². The zero-order valence-electron chi connectivity index (χ0n) is 12.4. The first-order valence-electron chi connectivity index (χ1n) is 6.85. The van der Waals surface area contributed by atoms with Gasteiger partial charge >= 0.3 is 0 Å². The second-order valence-corrected chi connectivity index (χ2v) is 6.88. The zero-order chi connectivity index (χ0) is 14.4. The van der Waals surface area contributed by atoms with Gasteiger partial charge in [0.05, 0.1) is 14.2 Å². The van der Waals surface area contributed by atoms with Gasteiger partial charge < -0.3 is 14.8 Å². The smallest absolute Gasteiger partial charge is 0.161 e. The molecule has 5 heteroatoms. The fourth-order valence-electron chi connectivity index (χ4n) is 2.39. The van der Waals surface area contributed by atoms with Gasteiger partial charge in [-0.05, 0) is 54.3 Å². The standard InChI is InChI=1S/C15H23NO2S2/c1-17-13-6-12(15(19-3)7-14(13)18-2)9-16-8-11-4-5-20-10-11/h6-7,11,16H,4-5,8-10H2,1-3H3.